The predicted octanol–water partition coefficient (Wildman–Crippen LogP) is 6.25. The molecule has 49 heavy (non-hydrogen) atoms. The molecule has 1 heterocycles. The van der Waals surface area contributed by atoms with Crippen LogP contribution in [0.25, 0.3) is 0 Å². The maximum Gasteiger partial charge on any atom is 0.408 e. The molecule has 0 aliphatic carbocycles. The van der Waals surface area contributed by atoms with Gasteiger partial charge in [0.2, 0.25) is 11.8 Å². The molecule has 1 aliphatic heterocycles. The van der Waals surface area contributed by atoms with Crippen molar-refractivity contribution in [2.45, 2.75) is 91.3 Å². The number of ether oxygens (including phenoxy) is 3. The molecule has 1 aliphatic rings. The van der Waals surface area contributed by atoms with E-state index in [0.717, 1.165) is 11.1 Å². The number of nitrogens with one attached hydrogen (secondary N) is 2. The van der Waals surface area contributed by atoms with E-state index in [2.05, 4.69) is 43.2 Å². The Hall–Kier alpha value is -4.41. The van der Waals surface area contributed by atoms with Gasteiger partial charge in [-0.05, 0) is 95.8 Å². The minimum Gasteiger partial charge on any atom is -0.457 e. The predicted molar refractivity (Wildman–Crippen MR) is 190 cm³/mol. The summed E-state index contributed by atoms with van der Waals surface area (Å²) < 4.78 is 17.5. The fraction of sp³-hybridized carbons (Fsp3) is 0.462. The maximum atomic E-state index is 14.4. The van der Waals surface area contributed by atoms with E-state index in [-0.39, 0.29) is 25.7 Å². The van der Waals surface area contributed by atoms with Gasteiger partial charge in [0.15, 0.2) is 0 Å². The van der Waals surface area contributed by atoms with Gasteiger partial charge in [-0.25, -0.2) is 4.79 Å². The lowest BCUT2D eigenvalue weighted by molar-refractivity contribution is -0.144. The second-order valence-corrected chi connectivity index (χ2v) is 13.9. The van der Waals surface area contributed by atoms with Gasteiger partial charge in [-0.1, -0.05) is 54.6 Å². The first-order valence-corrected chi connectivity index (χ1v) is 17.1. The standard InChI is InChI=1S/C39H52N4O6/c1-27(2)42(28(3)4)23-21-40-36(44)35-33-19-18-32(48-31-16-12-9-13-17-31)24-30(33)20-22-43(35)37(45)34(41-38(46)49-39(5,6)7)26-47-25-29-14-10-8-11-15-29/h8-19,24,27-28,34-35H,20-23,25-26H2,1-7H3,(H,40,44)(H,41,46). The summed E-state index contributed by atoms with van der Waals surface area (Å²) in [5, 5.41) is 5.82. The molecular formula is C39H52N4O6. The SMILES string of the molecule is CC(C)N(CCNC(=O)C1c2ccc(Oc3ccccc3)cc2CCN1C(=O)C(COCc1ccccc1)NC(=O)OC(C)(C)C)C(C)C. The van der Waals surface area contributed by atoms with Crippen molar-refractivity contribution in [2.75, 3.05) is 26.2 Å². The first-order chi connectivity index (χ1) is 23.3. The Bertz CT molecular complexity index is 1520. The van der Waals surface area contributed by atoms with Gasteiger partial charge >= 0.3 is 6.09 Å². The topological polar surface area (TPSA) is 109 Å². The van der Waals surface area contributed by atoms with Crippen LogP contribution in [0, 0.1) is 0 Å². The Morgan fingerprint density at radius 3 is 2.18 bits per heavy atom. The number of carbonyl (C=O) groups excluding carboxylic acids is 3. The molecular weight excluding hydrogens is 620 g/mol. The summed E-state index contributed by atoms with van der Waals surface area (Å²) in [4.78, 5) is 45.3. The van der Waals surface area contributed by atoms with Crippen LogP contribution in [-0.2, 0) is 32.1 Å². The van der Waals surface area contributed by atoms with Crippen LogP contribution in [0.15, 0.2) is 78.9 Å². The van der Waals surface area contributed by atoms with E-state index in [1.165, 1.54) is 0 Å². The van der Waals surface area contributed by atoms with E-state index < -0.39 is 29.7 Å². The third-order valence-corrected chi connectivity index (χ3v) is 8.23. The van der Waals surface area contributed by atoms with Crippen molar-refractivity contribution in [2.24, 2.45) is 0 Å². The molecule has 2 unspecified atom stereocenters. The molecule has 0 bridgehead atoms. The normalized spacial score (nSPS) is 15.1. The van der Waals surface area contributed by atoms with Crippen LogP contribution in [-0.4, -0.2) is 77.7 Å². The van der Waals surface area contributed by atoms with Gasteiger partial charge in [-0.15, -0.1) is 0 Å². The molecule has 10 nitrogen and oxygen atoms in total. The van der Waals surface area contributed by atoms with Gasteiger partial charge in [0.05, 0.1) is 13.2 Å². The molecule has 4 rings (SSSR count). The number of hydrogen-bond acceptors (Lipinski definition) is 7. The number of hydrogen-bond donors (Lipinski definition) is 2. The first kappa shape index (κ1) is 37.4. The first-order valence-electron chi connectivity index (χ1n) is 17.1. The number of nitrogens with zero attached hydrogens (tertiary/aromatic N) is 2. The van der Waals surface area contributed by atoms with Gasteiger partial charge in [0.1, 0.15) is 29.2 Å². The van der Waals surface area contributed by atoms with Crippen LogP contribution >= 0.6 is 0 Å². The van der Waals surface area contributed by atoms with Crippen molar-refractivity contribution in [3.63, 3.8) is 0 Å². The van der Waals surface area contributed by atoms with Crippen molar-refractivity contribution >= 4 is 17.9 Å². The van der Waals surface area contributed by atoms with E-state index in [0.29, 0.717) is 48.7 Å². The minimum absolute atomic E-state index is 0.105. The molecule has 0 radical (unpaired) electrons. The fourth-order valence-electron chi connectivity index (χ4n) is 6.02. The van der Waals surface area contributed by atoms with Gasteiger partial charge in [0, 0.05) is 31.7 Å². The molecule has 3 amide bonds. The van der Waals surface area contributed by atoms with Crippen LogP contribution < -0.4 is 15.4 Å². The van der Waals surface area contributed by atoms with Crippen LogP contribution in [0.4, 0.5) is 4.79 Å². The molecule has 10 heteroatoms. The Kier molecular flexibility index (Phi) is 13.2. The van der Waals surface area contributed by atoms with Crippen molar-refractivity contribution < 1.29 is 28.6 Å². The van der Waals surface area contributed by atoms with Crippen LogP contribution in [0.5, 0.6) is 11.5 Å². The van der Waals surface area contributed by atoms with E-state index in [9.17, 15) is 14.4 Å². The number of amides is 3. The summed E-state index contributed by atoms with van der Waals surface area (Å²) in [6.07, 6.45) is -0.243. The van der Waals surface area contributed by atoms with Gasteiger partial charge in [0.25, 0.3) is 0 Å². The number of para-hydroxylation sites is 1. The molecule has 264 valence electrons. The van der Waals surface area contributed by atoms with E-state index in [1.807, 2.05) is 78.9 Å². The average Bonchev–Trinajstić information content (AvgIpc) is 3.05. The molecule has 3 aromatic rings. The van der Waals surface area contributed by atoms with Crippen molar-refractivity contribution in [1.29, 1.82) is 0 Å². The summed E-state index contributed by atoms with van der Waals surface area (Å²) in [6, 6.07) is 23.3. The van der Waals surface area contributed by atoms with Crippen molar-refractivity contribution in [3.8, 4) is 11.5 Å². The Labute approximate surface area is 291 Å². The number of alkyl carbamates (subject to hydrolysis) is 1. The summed E-state index contributed by atoms with van der Waals surface area (Å²) in [5.41, 5.74) is 1.79. The van der Waals surface area contributed by atoms with Crippen molar-refractivity contribution in [1.82, 2.24) is 20.4 Å². The zero-order chi connectivity index (χ0) is 35.6. The van der Waals surface area contributed by atoms with E-state index in [1.54, 1.807) is 25.7 Å². The third-order valence-electron chi connectivity index (χ3n) is 8.23. The molecule has 0 aromatic heterocycles. The summed E-state index contributed by atoms with van der Waals surface area (Å²) in [5.74, 6) is 0.628. The number of carbonyl (C=O) groups is 3. The highest BCUT2D eigenvalue weighted by molar-refractivity contribution is 5.93. The molecule has 0 spiro atoms. The Balaban J connectivity index is 1.61. The van der Waals surface area contributed by atoms with Gasteiger partial charge in [-0.2, -0.15) is 0 Å². The smallest absolute Gasteiger partial charge is 0.408 e. The lowest BCUT2D eigenvalue weighted by Gasteiger charge is -2.38. The molecule has 0 fully saturated rings. The number of benzene rings is 3. The molecule has 2 N–H and O–H groups in total. The zero-order valence-electron chi connectivity index (χ0n) is 29.9. The summed E-state index contributed by atoms with van der Waals surface area (Å²) >= 11 is 0. The second kappa shape index (κ2) is 17.3. The minimum atomic E-state index is -1.09. The van der Waals surface area contributed by atoms with E-state index in [4.69, 9.17) is 14.2 Å². The Morgan fingerprint density at radius 2 is 1.55 bits per heavy atom. The fourth-order valence-corrected chi connectivity index (χ4v) is 6.02. The summed E-state index contributed by atoms with van der Waals surface area (Å²) in [7, 11) is 0. The molecule has 3 aromatic carbocycles. The highest BCUT2D eigenvalue weighted by atomic mass is 16.6. The number of rotatable bonds is 14. The monoisotopic (exact) mass is 672 g/mol. The lowest BCUT2D eigenvalue weighted by Crippen LogP contribution is -2.56. The van der Waals surface area contributed by atoms with Gasteiger partial charge < -0.3 is 29.7 Å². The Morgan fingerprint density at radius 1 is 0.898 bits per heavy atom. The lowest BCUT2D eigenvalue weighted by atomic mass is 9.91. The van der Waals surface area contributed by atoms with Crippen molar-refractivity contribution in [3.05, 3.63) is 95.6 Å². The highest BCUT2D eigenvalue weighted by Crippen LogP contribution is 2.34. The molecule has 0 saturated carbocycles. The average molecular weight is 673 g/mol. The van der Waals surface area contributed by atoms with Crippen LogP contribution in [0.2, 0.25) is 0 Å². The number of fused-ring (bicyclic) bond motifs is 1. The molecule has 2 atom stereocenters. The summed E-state index contributed by atoms with van der Waals surface area (Å²) in [6.45, 7) is 15.3. The van der Waals surface area contributed by atoms with Crippen LogP contribution in [0.3, 0.4) is 0 Å². The van der Waals surface area contributed by atoms with Gasteiger partial charge in [-0.3, -0.25) is 14.5 Å². The molecule has 0 saturated heterocycles. The largest absolute Gasteiger partial charge is 0.457 e. The zero-order valence-corrected chi connectivity index (χ0v) is 29.9. The second-order valence-electron chi connectivity index (χ2n) is 13.9. The van der Waals surface area contributed by atoms with Crippen LogP contribution in [0.1, 0.15) is 71.2 Å². The van der Waals surface area contributed by atoms with E-state index >= 15 is 0 Å². The maximum absolute atomic E-state index is 14.4. The third kappa shape index (κ3) is 11.1. The quantitative estimate of drug-likeness (QED) is 0.208. The highest BCUT2D eigenvalue weighted by Gasteiger charge is 2.39.